The number of oxazole rings is 1. The summed E-state index contributed by atoms with van der Waals surface area (Å²) in [5.41, 5.74) is 3.20. The Hall–Kier alpha value is -2.57. The molecule has 1 aromatic heterocycles. The van der Waals surface area contributed by atoms with E-state index in [1.807, 2.05) is 48.5 Å². The predicted molar refractivity (Wildman–Crippen MR) is 92.6 cm³/mol. The summed E-state index contributed by atoms with van der Waals surface area (Å²) in [4.78, 5) is 16.2. The van der Waals surface area contributed by atoms with E-state index < -0.39 is 5.76 Å². The zero-order valence-corrected chi connectivity index (χ0v) is 13.3. The third kappa shape index (κ3) is 2.81. The molecule has 4 rings (SSSR count). The number of para-hydroxylation sites is 1. The molecule has 0 radical (unpaired) electrons. The Morgan fingerprint density at radius 1 is 1.08 bits per heavy atom. The maximum absolute atomic E-state index is 13.0. The fraction of sp³-hybridized carbons (Fsp3) is 0.278. The number of piperazine rings is 1. The van der Waals surface area contributed by atoms with Crippen LogP contribution in [-0.4, -0.2) is 35.8 Å². The summed E-state index contributed by atoms with van der Waals surface area (Å²) < 4.78 is 5.05. The summed E-state index contributed by atoms with van der Waals surface area (Å²) in [6, 6.07) is 15.5. The molecule has 0 aliphatic carbocycles. The van der Waals surface area contributed by atoms with Gasteiger partial charge in [-0.3, -0.25) is 4.98 Å². The van der Waals surface area contributed by atoms with Gasteiger partial charge >= 0.3 is 5.76 Å². The first-order chi connectivity index (χ1) is 11.6. The molecule has 1 N–H and O–H groups in total. The number of hydrogen-bond donors (Lipinski definition) is 1. The summed E-state index contributed by atoms with van der Waals surface area (Å²) >= 11 is 0. The summed E-state index contributed by atoms with van der Waals surface area (Å²) in [7, 11) is 0. The SMILES string of the molecule is O=c1[nH]c2cccc(N3CC[N+]([O-])(Cc4ccccc4)CC3)c2o1. The lowest BCUT2D eigenvalue weighted by molar-refractivity contribution is -0.894. The van der Waals surface area contributed by atoms with Crippen molar-refractivity contribution in [2.24, 2.45) is 0 Å². The first-order valence-corrected chi connectivity index (χ1v) is 8.11. The first kappa shape index (κ1) is 15.0. The van der Waals surface area contributed by atoms with Gasteiger partial charge in [0.1, 0.15) is 6.54 Å². The molecule has 6 heteroatoms. The largest absolute Gasteiger partial charge is 0.632 e. The highest BCUT2D eigenvalue weighted by Crippen LogP contribution is 2.27. The number of rotatable bonds is 3. The van der Waals surface area contributed by atoms with E-state index in [4.69, 9.17) is 4.42 Å². The molecule has 2 heterocycles. The van der Waals surface area contributed by atoms with Gasteiger partial charge in [0, 0.05) is 5.56 Å². The van der Waals surface area contributed by atoms with E-state index in [9.17, 15) is 10.0 Å². The Balaban J connectivity index is 1.52. The van der Waals surface area contributed by atoms with Crippen molar-refractivity contribution in [2.45, 2.75) is 6.54 Å². The van der Waals surface area contributed by atoms with Gasteiger partial charge in [0.05, 0.1) is 37.4 Å². The normalized spacial score (nSPS) is 17.3. The molecule has 124 valence electrons. The Morgan fingerprint density at radius 3 is 2.58 bits per heavy atom. The Labute approximate surface area is 139 Å². The van der Waals surface area contributed by atoms with Crippen LogP contribution in [0, 0.1) is 5.21 Å². The van der Waals surface area contributed by atoms with Crippen molar-refractivity contribution in [1.29, 1.82) is 0 Å². The van der Waals surface area contributed by atoms with Gasteiger partial charge in [0.25, 0.3) is 0 Å². The molecular weight excluding hydrogens is 306 g/mol. The lowest BCUT2D eigenvalue weighted by Crippen LogP contribution is -2.55. The topological polar surface area (TPSA) is 72.3 Å². The molecular formula is C18H19N3O3. The number of fused-ring (bicyclic) bond motifs is 1. The number of quaternary nitrogens is 1. The van der Waals surface area contributed by atoms with Crippen LogP contribution >= 0.6 is 0 Å². The van der Waals surface area contributed by atoms with Crippen molar-refractivity contribution in [2.75, 3.05) is 31.1 Å². The predicted octanol–water partition coefficient (Wildman–Crippen LogP) is 2.46. The minimum absolute atomic E-state index is 0.215. The zero-order chi connectivity index (χ0) is 16.6. The fourth-order valence-electron chi connectivity index (χ4n) is 3.35. The number of H-pyrrole nitrogens is 1. The van der Waals surface area contributed by atoms with E-state index in [-0.39, 0.29) is 4.65 Å². The number of nitrogens with one attached hydrogen (secondary N) is 1. The van der Waals surface area contributed by atoms with E-state index in [2.05, 4.69) is 9.88 Å². The van der Waals surface area contributed by atoms with Crippen LogP contribution in [0.5, 0.6) is 0 Å². The molecule has 1 fully saturated rings. The summed E-state index contributed by atoms with van der Waals surface area (Å²) in [6.45, 7) is 2.81. The molecule has 1 aliphatic heterocycles. The van der Waals surface area contributed by atoms with Crippen LogP contribution in [0.3, 0.4) is 0 Å². The molecule has 24 heavy (non-hydrogen) atoms. The fourth-order valence-corrected chi connectivity index (χ4v) is 3.35. The highest BCUT2D eigenvalue weighted by Gasteiger charge is 2.27. The van der Waals surface area contributed by atoms with Crippen LogP contribution in [0.2, 0.25) is 0 Å². The molecule has 6 nitrogen and oxygen atoms in total. The molecule has 0 atom stereocenters. The third-order valence-corrected chi connectivity index (χ3v) is 4.63. The quantitative estimate of drug-likeness (QED) is 0.593. The monoisotopic (exact) mass is 325 g/mol. The Kier molecular flexibility index (Phi) is 3.63. The van der Waals surface area contributed by atoms with Gasteiger partial charge in [-0.15, -0.1) is 0 Å². The zero-order valence-electron chi connectivity index (χ0n) is 13.3. The van der Waals surface area contributed by atoms with E-state index in [0.29, 0.717) is 43.8 Å². The number of aromatic amines is 1. The Morgan fingerprint density at radius 2 is 1.83 bits per heavy atom. The van der Waals surface area contributed by atoms with Gasteiger partial charge in [-0.25, -0.2) is 4.79 Å². The molecule has 2 aromatic carbocycles. The van der Waals surface area contributed by atoms with Gasteiger partial charge in [-0.1, -0.05) is 36.4 Å². The molecule has 3 aromatic rings. The summed E-state index contributed by atoms with van der Waals surface area (Å²) in [6.07, 6.45) is 0. The summed E-state index contributed by atoms with van der Waals surface area (Å²) in [5, 5.41) is 13.0. The maximum Gasteiger partial charge on any atom is 0.417 e. The average molecular weight is 325 g/mol. The number of hydroxylamine groups is 3. The number of benzene rings is 2. The summed E-state index contributed by atoms with van der Waals surface area (Å²) in [5.74, 6) is -0.451. The van der Waals surface area contributed by atoms with Gasteiger partial charge in [0.2, 0.25) is 0 Å². The smallest absolute Gasteiger partial charge is 0.417 e. The van der Waals surface area contributed by atoms with Crippen molar-refractivity contribution < 1.29 is 9.06 Å². The molecule has 0 bridgehead atoms. The van der Waals surface area contributed by atoms with Gasteiger partial charge in [-0.2, -0.15) is 0 Å². The molecule has 1 aliphatic rings. The van der Waals surface area contributed by atoms with Crippen molar-refractivity contribution in [3.05, 3.63) is 69.9 Å². The first-order valence-electron chi connectivity index (χ1n) is 8.11. The van der Waals surface area contributed by atoms with E-state index >= 15 is 0 Å². The standard InChI is InChI=1S/C18H19N3O3/c22-18-19-15-7-4-8-16(17(15)24-18)20-9-11-21(23,12-10-20)13-14-5-2-1-3-6-14/h1-8H,9-13H2,(H,19,22). The number of hydrogen-bond acceptors (Lipinski definition) is 4. The number of anilines is 1. The van der Waals surface area contributed by atoms with Crippen LogP contribution in [0.15, 0.2) is 57.7 Å². The highest BCUT2D eigenvalue weighted by molar-refractivity contribution is 5.86. The van der Waals surface area contributed by atoms with Crippen molar-refractivity contribution in [1.82, 2.24) is 4.98 Å². The minimum Gasteiger partial charge on any atom is -0.632 e. The van der Waals surface area contributed by atoms with Gasteiger partial charge < -0.3 is 19.2 Å². The van der Waals surface area contributed by atoms with E-state index in [1.54, 1.807) is 0 Å². The second-order valence-electron chi connectivity index (χ2n) is 6.30. The van der Waals surface area contributed by atoms with Crippen LogP contribution in [0.1, 0.15) is 5.56 Å². The van der Waals surface area contributed by atoms with Crippen LogP contribution < -0.4 is 10.7 Å². The second-order valence-corrected chi connectivity index (χ2v) is 6.30. The molecule has 1 saturated heterocycles. The minimum atomic E-state index is -0.451. The van der Waals surface area contributed by atoms with Crippen LogP contribution in [0.4, 0.5) is 5.69 Å². The molecule has 0 saturated carbocycles. The van der Waals surface area contributed by atoms with Crippen molar-refractivity contribution in [3.63, 3.8) is 0 Å². The highest BCUT2D eigenvalue weighted by atomic mass is 16.5. The third-order valence-electron chi connectivity index (χ3n) is 4.63. The number of aromatic nitrogens is 1. The second kappa shape index (κ2) is 5.81. The van der Waals surface area contributed by atoms with Crippen molar-refractivity contribution in [3.8, 4) is 0 Å². The average Bonchev–Trinajstić information content (AvgIpc) is 2.96. The lowest BCUT2D eigenvalue weighted by atomic mass is 10.1. The van der Waals surface area contributed by atoms with Crippen LogP contribution in [-0.2, 0) is 6.54 Å². The lowest BCUT2D eigenvalue weighted by Gasteiger charge is -2.48. The van der Waals surface area contributed by atoms with E-state index in [0.717, 1.165) is 11.3 Å². The van der Waals surface area contributed by atoms with Crippen LogP contribution in [0.25, 0.3) is 11.1 Å². The molecule has 0 unspecified atom stereocenters. The van der Waals surface area contributed by atoms with Gasteiger partial charge in [0.15, 0.2) is 5.58 Å². The van der Waals surface area contributed by atoms with Crippen molar-refractivity contribution >= 4 is 16.8 Å². The van der Waals surface area contributed by atoms with Gasteiger partial charge in [-0.05, 0) is 12.1 Å². The Bertz CT molecular complexity index is 893. The maximum atomic E-state index is 13.0. The number of nitrogens with zero attached hydrogens (tertiary/aromatic N) is 2. The molecule has 0 amide bonds. The van der Waals surface area contributed by atoms with E-state index in [1.165, 1.54) is 0 Å². The molecule has 0 spiro atoms.